The van der Waals surface area contributed by atoms with Gasteiger partial charge in [0.15, 0.2) is 0 Å². The van der Waals surface area contributed by atoms with E-state index in [1.54, 1.807) is 30.3 Å². The summed E-state index contributed by atoms with van der Waals surface area (Å²) < 4.78 is 28.2. The minimum Gasteiger partial charge on any atom is -0.352 e. The first-order valence-corrected chi connectivity index (χ1v) is 11.9. The molecule has 2 aliphatic rings. The predicted molar refractivity (Wildman–Crippen MR) is 113 cm³/mol. The number of hydrogen-bond acceptors (Lipinski definition) is 3. The van der Waals surface area contributed by atoms with Crippen molar-refractivity contribution in [1.29, 1.82) is 0 Å². The summed E-state index contributed by atoms with van der Waals surface area (Å²) in [7, 11) is -3.77. The monoisotopic (exact) mass is 412 g/mol. The molecule has 1 heterocycles. The third-order valence-corrected chi connectivity index (χ3v) is 7.93. The van der Waals surface area contributed by atoms with Crippen LogP contribution in [0.3, 0.4) is 0 Å². The quantitative estimate of drug-likeness (QED) is 0.780. The molecule has 1 amide bonds. The number of rotatable bonds is 4. The topological polar surface area (TPSA) is 66.5 Å². The molecule has 2 aromatic carbocycles. The van der Waals surface area contributed by atoms with Crippen LogP contribution in [0.1, 0.15) is 49.7 Å². The van der Waals surface area contributed by atoms with Crippen molar-refractivity contribution in [3.8, 4) is 0 Å². The third-order valence-electron chi connectivity index (χ3n) is 6.06. The molecule has 0 saturated heterocycles. The predicted octanol–water partition coefficient (Wildman–Crippen LogP) is 3.64. The highest BCUT2D eigenvalue weighted by Crippen LogP contribution is 2.29. The van der Waals surface area contributed by atoms with Gasteiger partial charge in [-0.25, -0.2) is 8.42 Å². The van der Waals surface area contributed by atoms with Gasteiger partial charge < -0.3 is 5.32 Å². The van der Waals surface area contributed by atoms with Crippen molar-refractivity contribution in [2.75, 3.05) is 0 Å². The van der Waals surface area contributed by atoms with E-state index in [1.807, 2.05) is 24.3 Å². The fourth-order valence-corrected chi connectivity index (χ4v) is 6.01. The first-order chi connectivity index (χ1) is 14.1. The lowest BCUT2D eigenvalue weighted by Crippen LogP contribution is -2.54. The van der Waals surface area contributed by atoms with Crippen LogP contribution in [0.4, 0.5) is 0 Å². The van der Waals surface area contributed by atoms with Gasteiger partial charge in [-0.2, -0.15) is 4.31 Å². The van der Waals surface area contributed by atoms with Crippen LogP contribution >= 0.6 is 0 Å². The molecule has 4 rings (SSSR count). The number of carbonyl (C=O) groups is 1. The third kappa shape index (κ3) is 4.38. The Kier molecular flexibility index (Phi) is 6.01. The Morgan fingerprint density at radius 2 is 1.48 bits per heavy atom. The van der Waals surface area contributed by atoms with Crippen molar-refractivity contribution in [2.24, 2.45) is 0 Å². The van der Waals surface area contributed by atoms with Crippen molar-refractivity contribution in [2.45, 2.75) is 68.5 Å². The average molecular weight is 413 g/mol. The molecule has 1 fully saturated rings. The highest BCUT2D eigenvalue weighted by Gasteiger charge is 2.40. The first-order valence-electron chi connectivity index (χ1n) is 10.5. The Morgan fingerprint density at radius 3 is 2.17 bits per heavy atom. The van der Waals surface area contributed by atoms with E-state index in [2.05, 4.69) is 5.32 Å². The maximum Gasteiger partial charge on any atom is 0.244 e. The van der Waals surface area contributed by atoms with Crippen LogP contribution in [0.2, 0.25) is 0 Å². The Hall–Kier alpha value is -2.18. The van der Waals surface area contributed by atoms with Gasteiger partial charge in [0.2, 0.25) is 15.9 Å². The molecule has 0 unspecified atom stereocenters. The number of carbonyl (C=O) groups excluding carboxylic acids is 1. The SMILES string of the molecule is O=C(NC1CCCCCC1)[C@@H]1Cc2ccccc2CN1S(=O)(=O)c1ccccc1. The summed E-state index contributed by atoms with van der Waals surface area (Å²) in [6.45, 7) is 0.218. The lowest BCUT2D eigenvalue weighted by Gasteiger charge is -2.35. The van der Waals surface area contributed by atoms with Crippen LogP contribution in [0.25, 0.3) is 0 Å². The van der Waals surface area contributed by atoms with E-state index in [-0.39, 0.29) is 23.4 Å². The molecule has 1 saturated carbocycles. The molecule has 2 aromatic rings. The van der Waals surface area contributed by atoms with E-state index in [0.717, 1.165) is 36.8 Å². The molecule has 29 heavy (non-hydrogen) atoms. The Labute approximate surface area is 173 Å². The smallest absolute Gasteiger partial charge is 0.244 e. The maximum absolute atomic E-state index is 13.4. The summed E-state index contributed by atoms with van der Waals surface area (Å²) in [5.74, 6) is -0.175. The number of hydrogen-bond donors (Lipinski definition) is 1. The van der Waals surface area contributed by atoms with Gasteiger partial charge in [0.1, 0.15) is 6.04 Å². The van der Waals surface area contributed by atoms with Crippen molar-refractivity contribution in [1.82, 2.24) is 9.62 Å². The fraction of sp³-hybridized carbons (Fsp3) is 0.435. The van der Waals surface area contributed by atoms with Gasteiger partial charge in [0, 0.05) is 12.6 Å². The van der Waals surface area contributed by atoms with Gasteiger partial charge in [-0.3, -0.25) is 4.79 Å². The van der Waals surface area contributed by atoms with Crippen LogP contribution in [0.5, 0.6) is 0 Å². The fourth-order valence-electron chi connectivity index (χ4n) is 4.42. The van der Waals surface area contributed by atoms with Crippen molar-refractivity contribution >= 4 is 15.9 Å². The number of nitrogens with one attached hydrogen (secondary N) is 1. The van der Waals surface area contributed by atoms with Gasteiger partial charge in [0.25, 0.3) is 0 Å². The van der Waals surface area contributed by atoms with Crippen LogP contribution in [0, 0.1) is 0 Å². The van der Waals surface area contributed by atoms with Gasteiger partial charge in [0.05, 0.1) is 4.90 Å². The summed E-state index contributed by atoms with van der Waals surface area (Å²) in [5.41, 5.74) is 2.01. The van der Waals surface area contributed by atoms with Gasteiger partial charge in [-0.05, 0) is 42.5 Å². The van der Waals surface area contributed by atoms with Gasteiger partial charge in [-0.1, -0.05) is 68.1 Å². The molecular formula is C23H28N2O3S. The standard InChI is InChI=1S/C23H28N2O3S/c26-23(24-20-12-4-1-2-5-13-20)22-16-18-10-8-9-11-19(18)17-25(22)29(27,28)21-14-6-3-7-15-21/h3,6-11,14-15,20,22H,1-2,4-5,12-13,16-17H2,(H,24,26)/t22-/m0/s1. The zero-order chi connectivity index (χ0) is 20.3. The molecule has 1 atom stereocenters. The lowest BCUT2D eigenvalue weighted by atomic mass is 9.95. The minimum atomic E-state index is -3.77. The highest BCUT2D eigenvalue weighted by atomic mass is 32.2. The molecular weight excluding hydrogens is 384 g/mol. The summed E-state index contributed by atoms with van der Waals surface area (Å²) in [4.78, 5) is 13.5. The van der Waals surface area contributed by atoms with E-state index in [9.17, 15) is 13.2 Å². The second kappa shape index (κ2) is 8.67. The average Bonchev–Trinajstić information content (AvgIpc) is 3.02. The number of nitrogens with zero attached hydrogens (tertiary/aromatic N) is 1. The number of sulfonamides is 1. The van der Waals surface area contributed by atoms with E-state index >= 15 is 0 Å². The molecule has 154 valence electrons. The van der Waals surface area contributed by atoms with Crippen LogP contribution in [-0.2, 0) is 27.8 Å². The Balaban J connectivity index is 1.64. The molecule has 1 N–H and O–H groups in total. The Bertz CT molecular complexity index is 951. The van der Waals surface area contributed by atoms with Crippen molar-refractivity contribution in [3.05, 3.63) is 65.7 Å². The molecule has 6 heteroatoms. The zero-order valence-electron chi connectivity index (χ0n) is 16.6. The molecule has 0 aromatic heterocycles. The van der Waals surface area contributed by atoms with Gasteiger partial charge >= 0.3 is 0 Å². The number of benzene rings is 2. The van der Waals surface area contributed by atoms with E-state index < -0.39 is 16.1 Å². The van der Waals surface area contributed by atoms with Crippen molar-refractivity contribution in [3.63, 3.8) is 0 Å². The van der Waals surface area contributed by atoms with Crippen molar-refractivity contribution < 1.29 is 13.2 Å². The van der Waals surface area contributed by atoms with E-state index in [0.29, 0.717) is 6.42 Å². The van der Waals surface area contributed by atoms with Crippen LogP contribution in [-0.4, -0.2) is 30.7 Å². The van der Waals surface area contributed by atoms with E-state index in [4.69, 9.17) is 0 Å². The molecule has 0 spiro atoms. The molecule has 1 aliphatic heterocycles. The number of fused-ring (bicyclic) bond motifs is 1. The largest absolute Gasteiger partial charge is 0.352 e. The second-order valence-electron chi connectivity index (χ2n) is 8.05. The summed E-state index contributed by atoms with van der Waals surface area (Å²) in [6.07, 6.45) is 6.99. The number of amides is 1. The van der Waals surface area contributed by atoms with E-state index in [1.165, 1.54) is 17.1 Å². The van der Waals surface area contributed by atoms with Crippen LogP contribution < -0.4 is 5.32 Å². The first kappa shape index (κ1) is 20.1. The van der Waals surface area contributed by atoms with Gasteiger partial charge in [-0.15, -0.1) is 0 Å². The molecule has 5 nitrogen and oxygen atoms in total. The molecule has 0 bridgehead atoms. The Morgan fingerprint density at radius 1 is 0.862 bits per heavy atom. The molecule has 1 aliphatic carbocycles. The van der Waals surface area contributed by atoms with Crippen LogP contribution in [0.15, 0.2) is 59.5 Å². The minimum absolute atomic E-state index is 0.142. The summed E-state index contributed by atoms with van der Waals surface area (Å²) >= 11 is 0. The maximum atomic E-state index is 13.4. The molecule has 0 radical (unpaired) electrons. The summed E-state index contributed by atoms with van der Waals surface area (Å²) in [6, 6.07) is 15.6. The summed E-state index contributed by atoms with van der Waals surface area (Å²) in [5, 5.41) is 3.17. The zero-order valence-corrected chi connectivity index (χ0v) is 17.4. The highest BCUT2D eigenvalue weighted by molar-refractivity contribution is 7.89. The second-order valence-corrected chi connectivity index (χ2v) is 9.94. The normalized spacial score (nSPS) is 21.2. The lowest BCUT2D eigenvalue weighted by molar-refractivity contribution is -0.126.